The molecule has 0 atom stereocenters. The van der Waals surface area contributed by atoms with Gasteiger partial charge in [-0.05, 0) is 31.0 Å². The van der Waals surface area contributed by atoms with E-state index < -0.39 is 10.0 Å². The fourth-order valence-electron chi connectivity index (χ4n) is 2.45. The van der Waals surface area contributed by atoms with Gasteiger partial charge in [0.2, 0.25) is 15.9 Å². The summed E-state index contributed by atoms with van der Waals surface area (Å²) in [6, 6.07) is 6.30. The molecule has 8 heteroatoms. The van der Waals surface area contributed by atoms with Gasteiger partial charge in [-0.15, -0.1) is 0 Å². The highest BCUT2D eigenvalue weighted by Crippen LogP contribution is 2.12. The highest BCUT2D eigenvalue weighted by atomic mass is 32.2. The second-order valence-corrected chi connectivity index (χ2v) is 7.30. The summed E-state index contributed by atoms with van der Waals surface area (Å²) in [5.41, 5.74) is 0.735. The number of benzene rings is 1. The van der Waals surface area contributed by atoms with Gasteiger partial charge in [0.15, 0.2) is 0 Å². The minimum atomic E-state index is -3.37. The molecule has 1 aromatic rings. The number of hydrogen-bond donors (Lipinski definition) is 2. The zero-order chi connectivity index (χ0) is 16.9. The normalized spacial score (nSPS) is 14.8. The van der Waals surface area contributed by atoms with Crippen LogP contribution in [0.1, 0.15) is 29.6 Å². The maximum absolute atomic E-state index is 12.1. The van der Waals surface area contributed by atoms with E-state index >= 15 is 0 Å². The second kappa shape index (κ2) is 7.45. The third-order valence-corrected chi connectivity index (χ3v) is 4.10. The Labute approximate surface area is 136 Å². The van der Waals surface area contributed by atoms with Crippen molar-refractivity contribution in [3.8, 4) is 0 Å². The Kier molecular flexibility index (Phi) is 5.59. The lowest BCUT2D eigenvalue weighted by Crippen LogP contribution is -2.30. The van der Waals surface area contributed by atoms with E-state index in [0.29, 0.717) is 37.2 Å². The summed E-state index contributed by atoms with van der Waals surface area (Å²) in [6.07, 6.45) is 3.27. The fraction of sp³-hybridized carbons (Fsp3) is 0.467. The van der Waals surface area contributed by atoms with Gasteiger partial charge in [-0.2, -0.15) is 0 Å². The molecule has 1 aliphatic heterocycles. The first-order valence-corrected chi connectivity index (χ1v) is 9.38. The van der Waals surface area contributed by atoms with Gasteiger partial charge >= 0.3 is 0 Å². The maximum Gasteiger partial charge on any atom is 0.251 e. The number of hydrogen-bond acceptors (Lipinski definition) is 4. The van der Waals surface area contributed by atoms with Gasteiger partial charge in [-0.3, -0.25) is 14.3 Å². The van der Waals surface area contributed by atoms with Crippen LogP contribution in [0.25, 0.3) is 0 Å². The molecule has 0 spiro atoms. The fourth-order valence-corrected chi connectivity index (χ4v) is 3.01. The molecular formula is C15H21N3O4S. The van der Waals surface area contributed by atoms with Crippen molar-refractivity contribution >= 4 is 27.5 Å². The topological polar surface area (TPSA) is 95.6 Å². The molecule has 0 unspecified atom stereocenters. The number of nitrogens with zero attached hydrogens (tertiary/aromatic N) is 1. The summed E-state index contributed by atoms with van der Waals surface area (Å²) < 4.78 is 24.7. The van der Waals surface area contributed by atoms with Crippen molar-refractivity contribution in [2.75, 3.05) is 30.6 Å². The molecule has 0 aromatic heterocycles. The van der Waals surface area contributed by atoms with E-state index in [4.69, 9.17) is 0 Å². The zero-order valence-electron chi connectivity index (χ0n) is 13.0. The number of sulfonamides is 1. The number of carbonyl (C=O) groups is 2. The lowest BCUT2D eigenvalue weighted by Gasteiger charge is -2.15. The smallest absolute Gasteiger partial charge is 0.251 e. The third kappa shape index (κ3) is 5.55. The first kappa shape index (κ1) is 17.3. The Balaban J connectivity index is 1.81. The molecule has 1 fully saturated rings. The minimum Gasteiger partial charge on any atom is -0.352 e. The van der Waals surface area contributed by atoms with Gasteiger partial charge in [0.1, 0.15) is 0 Å². The predicted octanol–water partition coefficient (Wildman–Crippen LogP) is 0.800. The van der Waals surface area contributed by atoms with Gasteiger partial charge in [-0.25, -0.2) is 8.42 Å². The van der Waals surface area contributed by atoms with Crippen molar-refractivity contribution in [3.63, 3.8) is 0 Å². The predicted molar refractivity (Wildman–Crippen MR) is 87.7 cm³/mol. The Bertz CT molecular complexity index is 688. The molecule has 1 aliphatic rings. The van der Waals surface area contributed by atoms with E-state index in [1.165, 1.54) is 6.07 Å². The average Bonchev–Trinajstić information content (AvgIpc) is 2.87. The van der Waals surface area contributed by atoms with Crippen LogP contribution in [-0.4, -0.2) is 51.0 Å². The number of nitrogens with one attached hydrogen (secondary N) is 2. The van der Waals surface area contributed by atoms with Crippen LogP contribution in [0.15, 0.2) is 24.3 Å². The molecule has 0 radical (unpaired) electrons. The Morgan fingerprint density at radius 1 is 1.35 bits per heavy atom. The second-order valence-electron chi connectivity index (χ2n) is 5.55. The number of amides is 2. The average molecular weight is 339 g/mol. The van der Waals surface area contributed by atoms with E-state index in [-0.39, 0.29) is 11.8 Å². The van der Waals surface area contributed by atoms with E-state index in [9.17, 15) is 18.0 Å². The summed E-state index contributed by atoms with van der Waals surface area (Å²) in [6.45, 7) is 1.91. The largest absolute Gasteiger partial charge is 0.352 e. The van der Waals surface area contributed by atoms with Crippen molar-refractivity contribution in [2.24, 2.45) is 0 Å². The molecule has 23 heavy (non-hydrogen) atoms. The van der Waals surface area contributed by atoms with Gasteiger partial charge in [0, 0.05) is 37.3 Å². The molecular weight excluding hydrogens is 318 g/mol. The van der Waals surface area contributed by atoms with E-state index in [2.05, 4.69) is 10.0 Å². The highest BCUT2D eigenvalue weighted by Gasteiger charge is 2.19. The molecule has 1 heterocycles. The van der Waals surface area contributed by atoms with Gasteiger partial charge in [0.05, 0.1) is 6.26 Å². The SMILES string of the molecule is CS(=O)(=O)Nc1cccc(C(=O)NCCCN2CCCC2=O)c1. The maximum atomic E-state index is 12.1. The molecule has 0 aliphatic carbocycles. The monoisotopic (exact) mass is 339 g/mol. The van der Waals surface area contributed by atoms with Crippen LogP contribution >= 0.6 is 0 Å². The standard InChI is InChI=1S/C15H21N3O4S/c1-23(21,22)17-13-6-2-5-12(11-13)15(20)16-8-4-10-18-9-3-7-14(18)19/h2,5-6,11,17H,3-4,7-10H2,1H3,(H,16,20). The summed E-state index contributed by atoms with van der Waals surface area (Å²) in [7, 11) is -3.37. The van der Waals surface area contributed by atoms with E-state index in [0.717, 1.165) is 19.2 Å². The lowest BCUT2D eigenvalue weighted by molar-refractivity contribution is -0.127. The number of rotatable bonds is 7. The molecule has 2 rings (SSSR count). The van der Waals surface area contributed by atoms with Crippen LogP contribution in [0.4, 0.5) is 5.69 Å². The first-order chi connectivity index (χ1) is 10.8. The molecule has 126 valence electrons. The molecule has 0 bridgehead atoms. The molecule has 0 saturated carbocycles. The van der Waals surface area contributed by atoms with Crippen molar-refractivity contribution in [1.82, 2.24) is 10.2 Å². The number of likely N-dealkylation sites (tertiary alicyclic amines) is 1. The van der Waals surface area contributed by atoms with Gasteiger partial charge < -0.3 is 10.2 Å². The summed E-state index contributed by atoms with van der Waals surface area (Å²) in [5.74, 6) is -0.0919. The quantitative estimate of drug-likeness (QED) is 0.718. The van der Waals surface area contributed by atoms with E-state index in [1.54, 1.807) is 18.2 Å². The highest BCUT2D eigenvalue weighted by molar-refractivity contribution is 7.92. The molecule has 2 amide bonds. The van der Waals surface area contributed by atoms with Crippen LogP contribution in [-0.2, 0) is 14.8 Å². The van der Waals surface area contributed by atoms with Crippen LogP contribution in [0.3, 0.4) is 0 Å². The minimum absolute atomic E-state index is 0.177. The molecule has 7 nitrogen and oxygen atoms in total. The van der Waals surface area contributed by atoms with Crippen molar-refractivity contribution < 1.29 is 18.0 Å². The van der Waals surface area contributed by atoms with Crippen LogP contribution in [0, 0.1) is 0 Å². The summed E-state index contributed by atoms with van der Waals surface area (Å²) in [5, 5.41) is 2.77. The molecule has 1 saturated heterocycles. The van der Waals surface area contributed by atoms with Crippen molar-refractivity contribution in [1.29, 1.82) is 0 Å². The zero-order valence-corrected chi connectivity index (χ0v) is 13.9. The Morgan fingerprint density at radius 2 is 2.13 bits per heavy atom. The van der Waals surface area contributed by atoms with Crippen LogP contribution in [0.5, 0.6) is 0 Å². The third-order valence-electron chi connectivity index (χ3n) is 3.49. The van der Waals surface area contributed by atoms with Crippen LogP contribution < -0.4 is 10.0 Å². The van der Waals surface area contributed by atoms with E-state index in [1.807, 2.05) is 4.90 Å². The molecule has 2 N–H and O–H groups in total. The van der Waals surface area contributed by atoms with Crippen molar-refractivity contribution in [2.45, 2.75) is 19.3 Å². The van der Waals surface area contributed by atoms with Gasteiger partial charge in [-0.1, -0.05) is 6.07 Å². The summed E-state index contributed by atoms with van der Waals surface area (Å²) in [4.78, 5) is 25.3. The number of anilines is 1. The Morgan fingerprint density at radius 3 is 2.78 bits per heavy atom. The first-order valence-electron chi connectivity index (χ1n) is 7.49. The lowest BCUT2D eigenvalue weighted by atomic mass is 10.2. The Hall–Kier alpha value is -2.09. The summed E-state index contributed by atoms with van der Waals surface area (Å²) >= 11 is 0. The molecule has 1 aromatic carbocycles. The van der Waals surface area contributed by atoms with Crippen molar-refractivity contribution in [3.05, 3.63) is 29.8 Å². The van der Waals surface area contributed by atoms with Gasteiger partial charge in [0.25, 0.3) is 5.91 Å². The van der Waals surface area contributed by atoms with Crippen LogP contribution in [0.2, 0.25) is 0 Å². The number of carbonyl (C=O) groups excluding carboxylic acids is 2.